The Bertz CT molecular complexity index is 1110. The first-order valence-electron chi connectivity index (χ1n) is 11.5. The van der Waals surface area contributed by atoms with Crippen LogP contribution in [0.5, 0.6) is 5.75 Å². The summed E-state index contributed by atoms with van der Waals surface area (Å²) >= 11 is 0. The minimum absolute atomic E-state index is 0.0313. The molecule has 2 rings (SSSR count). The van der Waals surface area contributed by atoms with E-state index < -0.39 is 34.7 Å². The zero-order chi connectivity index (χ0) is 26.2. The van der Waals surface area contributed by atoms with E-state index in [9.17, 15) is 19.2 Å². The maximum Gasteiger partial charge on any atom is 0.407 e. The van der Waals surface area contributed by atoms with E-state index in [1.807, 2.05) is 0 Å². The molecule has 2 aromatic heterocycles. The van der Waals surface area contributed by atoms with Gasteiger partial charge in [-0.3, -0.25) is 18.8 Å². The van der Waals surface area contributed by atoms with Crippen LogP contribution in [0, 0.1) is 0 Å². The Kier molecular flexibility index (Phi) is 9.27. The van der Waals surface area contributed by atoms with Crippen molar-refractivity contribution in [3.8, 4) is 5.75 Å². The first-order valence-corrected chi connectivity index (χ1v) is 11.5. The molecule has 192 valence electrons. The Balaban J connectivity index is 1.88. The Morgan fingerprint density at radius 1 is 0.914 bits per heavy atom. The molecule has 0 spiro atoms. The molecule has 10 nitrogen and oxygen atoms in total. The van der Waals surface area contributed by atoms with E-state index in [0.717, 1.165) is 0 Å². The molecule has 0 atom stereocenters. The number of nitrogens with one attached hydrogen (secondary N) is 2. The summed E-state index contributed by atoms with van der Waals surface area (Å²) in [5, 5.41) is 5.28. The molecule has 2 heterocycles. The highest BCUT2D eigenvalue weighted by Crippen LogP contribution is 2.14. The number of fused-ring (bicyclic) bond motifs is 1. The fourth-order valence-electron chi connectivity index (χ4n) is 2.96. The Morgan fingerprint density at radius 2 is 1.60 bits per heavy atom. The monoisotopic (exact) mass is 489 g/mol. The van der Waals surface area contributed by atoms with E-state index in [1.54, 1.807) is 65.9 Å². The molecule has 0 saturated heterocycles. The maximum atomic E-state index is 12.6. The number of rotatable bonds is 9. The summed E-state index contributed by atoms with van der Waals surface area (Å²) in [6.07, 6.45) is 1.64. The van der Waals surface area contributed by atoms with Crippen molar-refractivity contribution < 1.29 is 28.6 Å². The van der Waals surface area contributed by atoms with E-state index in [4.69, 9.17) is 14.2 Å². The van der Waals surface area contributed by atoms with Crippen LogP contribution >= 0.6 is 0 Å². The second kappa shape index (κ2) is 11.7. The first-order chi connectivity index (χ1) is 16.2. The molecule has 35 heavy (non-hydrogen) atoms. The summed E-state index contributed by atoms with van der Waals surface area (Å²) in [5.41, 5.74) is -0.820. The highest BCUT2D eigenvalue weighted by Gasteiger charge is 2.17. The van der Waals surface area contributed by atoms with Crippen molar-refractivity contribution in [3.63, 3.8) is 0 Å². The van der Waals surface area contributed by atoms with Crippen LogP contribution in [-0.2, 0) is 14.3 Å². The summed E-state index contributed by atoms with van der Waals surface area (Å²) in [5.74, 6) is -0.387. The Morgan fingerprint density at radius 3 is 2.26 bits per heavy atom. The van der Waals surface area contributed by atoms with Gasteiger partial charge >= 0.3 is 12.1 Å². The van der Waals surface area contributed by atoms with Crippen molar-refractivity contribution in [1.29, 1.82) is 0 Å². The van der Waals surface area contributed by atoms with Crippen LogP contribution in [0.1, 0.15) is 64.7 Å². The molecule has 10 heteroatoms. The standard InChI is InChI=1S/C25H35N3O7/c1-24(2,3)34-21(30)10-12-26-22(31)17-14-18-8-9-19(16-28(18)20(29)15-17)33-13-7-11-27-23(32)35-25(4,5)6/h8-9,14-16H,7,10-13H2,1-6H3,(H,26,31)(H,27,32). The lowest BCUT2D eigenvalue weighted by atomic mass is 10.2. The number of nitrogens with zero attached hydrogens (tertiary/aromatic N) is 1. The second-order valence-corrected chi connectivity index (χ2v) is 9.96. The molecular formula is C25H35N3O7. The van der Waals surface area contributed by atoms with Gasteiger partial charge in [-0.25, -0.2) is 4.79 Å². The Hall–Kier alpha value is -3.56. The fourth-order valence-corrected chi connectivity index (χ4v) is 2.96. The normalized spacial score (nSPS) is 11.6. The van der Waals surface area contributed by atoms with Crippen molar-refractivity contribution in [2.45, 2.75) is 65.6 Å². The highest BCUT2D eigenvalue weighted by atomic mass is 16.6. The summed E-state index contributed by atoms with van der Waals surface area (Å²) in [4.78, 5) is 48.4. The number of carbonyl (C=O) groups excluding carboxylic acids is 3. The quantitative estimate of drug-likeness (QED) is 0.410. The zero-order valence-corrected chi connectivity index (χ0v) is 21.2. The van der Waals surface area contributed by atoms with E-state index in [1.165, 1.54) is 10.5 Å². The van der Waals surface area contributed by atoms with Crippen LogP contribution in [-0.4, -0.2) is 53.3 Å². The average molecular weight is 490 g/mol. The molecule has 0 unspecified atom stereocenters. The lowest BCUT2D eigenvalue weighted by Gasteiger charge is -2.19. The maximum absolute atomic E-state index is 12.6. The van der Waals surface area contributed by atoms with Crippen molar-refractivity contribution >= 4 is 23.5 Å². The highest BCUT2D eigenvalue weighted by molar-refractivity contribution is 5.95. The zero-order valence-electron chi connectivity index (χ0n) is 21.2. The summed E-state index contributed by atoms with van der Waals surface area (Å²) < 4.78 is 17.4. The number of carbonyl (C=O) groups is 3. The van der Waals surface area contributed by atoms with E-state index >= 15 is 0 Å². The SMILES string of the molecule is CC(C)(C)OC(=O)CCNC(=O)c1cc(=O)n2cc(OCCCNC(=O)OC(C)(C)C)ccc2c1. The van der Waals surface area contributed by atoms with E-state index in [0.29, 0.717) is 30.8 Å². The van der Waals surface area contributed by atoms with Crippen LogP contribution in [0.2, 0.25) is 0 Å². The smallest absolute Gasteiger partial charge is 0.407 e. The molecule has 0 aliphatic heterocycles. The topological polar surface area (TPSA) is 124 Å². The number of amides is 2. The number of hydrogen-bond donors (Lipinski definition) is 2. The van der Waals surface area contributed by atoms with Gasteiger partial charge < -0.3 is 24.8 Å². The molecule has 0 bridgehead atoms. The lowest BCUT2D eigenvalue weighted by molar-refractivity contribution is -0.154. The first kappa shape index (κ1) is 27.7. The molecule has 0 fully saturated rings. The van der Waals surface area contributed by atoms with Crippen LogP contribution in [0.15, 0.2) is 35.3 Å². The molecular weight excluding hydrogens is 454 g/mol. The summed E-state index contributed by atoms with van der Waals surface area (Å²) in [7, 11) is 0. The largest absolute Gasteiger partial charge is 0.492 e. The molecule has 0 aromatic carbocycles. The molecule has 0 aliphatic rings. The molecule has 0 saturated carbocycles. The average Bonchev–Trinajstić information content (AvgIpc) is 2.71. The van der Waals surface area contributed by atoms with Gasteiger partial charge in [0, 0.05) is 30.2 Å². The summed E-state index contributed by atoms with van der Waals surface area (Å²) in [6, 6.07) is 6.18. The number of alkyl carbamates (subject to hydrolysis) is 1. The number of ether oxygens (including phenoxy) is 3. The van der Waals surface area contributed by atoms with Crippen LogP contribution in [0.3, 0.4) is 0 Å². The number of pyridine rings is 2. The van der Waals surface area contributed by atoms with Crippen LogP contribution < -0.4 is 20.9 Å². The van der Waals surface area contributed by atoms with E-state index in [-0.39, 0.29) is 18.5 Å². The van der Waals surface area contributed by atoms with Gasteiger partial charge in [0.1, 0.15) is 17.0 Å². The minimum atomic E-state index is -0.590. The third kappa shape index (κ3) is 10.1. The van der Waals surface area contributed by atoms with Gasteiger partial charge in [0.2, 0.25) is 0 Å². The van der Waals surface area contributed by atoms with Crippen molar-refractivity contribution in [2.24, 2.45) is 0 Å². The number of aromatic nitrogens is 1. The van der Waals surface area contributed by atoms with Crippen molar-refractivity contribution in [2.75, 3.05) is 19.7 Å². The van der Waals surface area contributed by atoms with Gasteiger partial charge in [0.15, 0.2) is 0 Å². The fraction of sp³-hybridized carbons (Fsp3) is 0.520. The van der Waals surface area contributed by atoms with Crippen LogP contribution in [0.25, 0.3) is 5.52 Å². The predicted octanol–water partition coefficient (Wildman–Crippen LogP) is 3.05. The lowest BCUT2D eigenvalue weighted by Crippen LogP contribution is -2.33. The molecule has 0 aliphatic carbocycles. The van der Waals surface area contributed by atoms with Crippen molar-refractivity contribution in [3.05, 3.63) is 46.4 Å². The number of esters is 1. The van der Waals surface area contributed by atoms with E-state index in [2.05, 4.69) is 10.6 Å². The minimum Gasteiger partial charge on any atom is -0.492 e. The van der Waals surface area contributed by atoms with Crippen molar-refractivity contribution in [1.82, 2.24) is 15.0 Å². The van der Waals surface area contributed by atoms with Gasteiger partial charge in [-0.1, -0.05) is 0 Å². The third-order valence-corrected chi connectivity index (χ3v) is 4.33. The third-order valence-electron chi connectivity index (χ3n) is 4.33. The summed E-state index contributed by atoms with van der Waals surface area (Å²) in [6.45, 7) is 11.5. The Labute approximate surface area is 204 Å². The molecule has 0 radical (unpaired) electrons. The predicted molar refractivity (Wildman–Crippen MR) is 131 cm³/mol. The molecule has 2 amide bonds. The number of hydrogen-bond acceptors (Lipinski definition) is 7. The molecule has 2 aromatic rings. The van der Waals surface area contributed by atoms with Gasteiger partial charge in [0.25, 0.3) is 11.5 Å². The molecule has 2 N–H and O–H groups in total. The van der Waals surface area contributed by atoms with Gasteiger partial charge in [-0.05, 0) is 66.2 Å². The van der Waals surface area contributed by atoms with Crippen LogP contribution in [0.4, 0.5) is 4.79 Å². The second-order valence-electron chi connectivity index (χ2n) is 9.96. The van der Waals surface area contributed by atoms with Gasteiger partial charge in [-0.15, -0.1) is 0 Å². The van der Waals surface area contributed by atoms with Gasteiger partial charge in [0.05, 0.1) is 19.2 Å². The van der Waals surface area contributed by atoms with Gasteiger partial charge in [-0.2, -0.15) is 0 Å².